The van der Waals surface area contributed by atoms with Crippen LogP contribution in [0.25, 0.3) is 0 Å². The predicted molar refractivity (Wildman–Crippen MR) is 37.5 cm³/mol. The highest BCUT2D eigenvalue weighted by atomic mass is 33.1. The van der Waals surface area contributed by atoms with E-state index in [0.29, 0.717) is 0 Å². The number of thiol groups is 1. The van der Waals surface area contributed by atoms with Crippen LogP contribution in [-0.4, -0.2) is 0 Å². The van der Waals surface area contributed by atoms with Gasteiger partial charge in [0, 0.05) is 9.47 Å². The van der Waals surface area contributed by atoms with Gasteiger partial charge in [-0.25, -0.2) is 3.97 Å². The zero-order valence-corrected chi connectivity index (χ0v) is 7.02. The molecule has 0 N–H and O–H groups in total. The molecule has 0 saturated carbocycles. The molecular formula is H4O3P2S2. The Labute approximate surface area is 53.8 Å². The fraction of sp³-hybridized carbons (Fsp3) is 0. The van der Waals surface area contributed by atoms with Gasteiger partial charge < -0.3 is 0 Å². The molecule has 2 unspecified atom stereocenters. The number of hydrogen-bond donors (Lipinski definition) is 1. The van der Waals surface area contributed by atoms with E-state index in [0.717, 1.165) is 11.1 Å². The van der Waals surface area contributed by atoms with Gasteiger partial charge in [-0.1, -0.05) is 11.7 Å². The Hall–Kier alpha value is 1.28. The Kier molecular flexibility index (Phi) is 6.41. The standard InChI is InChI=1S/H4O3P2S2/c1-5(2-4)3-7-6/h5-6H,4H2. The van der Waals surface area contributed by atoms with Crippen LogP contribution in [0.3, 0.4) is 0 Å². The van der Waals surface area contributed by atoms with E-state index in [9.17, 15) is 4.57 Å². The topological polar surface area (TPSA) is 35.5 Å². The van der Waals surface area contributed by atoms with E-state index in [-0.39, 0.29) is 0 Å². The molecule has 0 heterocycles. The molecule has 0 bridgehead atoms. The monoisotopic (exact) mass is 178 g/mol. The highest BCUT2D eigenvalue weighted by molar-refractivity contribution is 8.67. The van der Waals surface area contributed by atoms with Gasteiger partial charge in [0.1, 0.15) is 0 Å². The van der Waals surface area contributed by atoms with Crippen LogP contribution in [0, 0.1) is 0 Å². The van der Waals surface area contributed by atoms with E-state index in [1.165, 1.54) is 0 Å². The van der Waals surface area contributed by atoms with E-state index in [4.69, 9.17) is 0 Å². The summed E-state index contributed by atoms with van der Waals surface area (Å²) in [5.41, 5.74) is 0. The molecule has 7 heteroatoms. The quantitative estimate of drug-likeness (QED) is 0.308. The molecule has 0 aliphatic rings. The first kappa shape index (κ1) is 8.28. The zero-order valence-electron chi connectivity index (χ0n) is 3.16. The van der Waals surface area contributed by atoms with Crippen LogP contribution in [-0.2, 0) is 12.8 Å². The van der Waals surface area contributed by atoms with Gasteiger partial charge in [0.15, 0.2) is 0 Å². The van der Waals surface area contributed by atoms with Crippen LogP contribution < -0.4 is 0 Å². The number of hydrogen-bond acceptors (Lipinski definition) is 5. The predicted octanol–water partition coefficient (Wildman–Crippen LogP) is 1.69. The molecule has 0 amide bonds. The minimum atomic E-state index is -2.28. The molecule has 0 aliphatic carbocycles. The molecule has 44 valence electrons. The van der Waals surface area contributed by atoms with E-state index >= 15 is 0 Å². The van der Waals surface area contributed by atoms with Crippen molar-refractivity contribution in [2.45, 2.75) is 0 Å². The summed E-state index contributed by atoms with van der Waals surface area (Å²) in [5.74, 6) is 0. The Balaban J connectivity index is 3.00. The van der Waals surface area contributed by atoms with E-state index in [1.54, 1.807) is 0 Å². The van der Waals surface area contributed by atoms with Crippen molar-refractivity contribution in [3.63, 3.8) is 0 Å². The summed E-state index contributed by atoms with van der Waals surface area (Å²) >= 11 is 4.27. The third kappa shape index (κ3) is 5.15. The lowest BCUT2D eigenvalue weighted by atomic mass is 15.8. The molecule has 0 aromatic rings. The van der Waals surface area contributed by atoms with Gasteiger partial charge in [-0.15, -0.1) is 0 Å². The van der Waals surface area contributed by atoms with Crippen LogP contribution in [0.5, 0.6) is 0 Å². The summed E-state index contributed by atoms with van der Waals surface area (Å²) in [5, 5.41) is 0. The lowest BCUT2D eigenvalue weighted by Crippen LogP contribution is -1.54. The maximum atomic E-state index is 10.1. The van der Waals surface area contributed by atoms with E-state index in [1.807, 2.05) is 9.47 Å². The molecule has 0 radical (unpaired) electrons. The van der Waals surface area contributed by atoms with Crippen molar-refractivity contribution in [3.05, 3.63) is 0 Å². The molecule has 7 heavy (non-hydrogen) atoms. The van der Waals surface area contributed by atoms with Crippen molar-refractivity contribution in [1.29, 1.82) is 0 Å². The Morgan fingerprint density at radius 3 is 2.57 bits per heavy atom. The first-order chi connectivity index (χ1) is 3.31. The van der Waals surface area contributed by atoms with Gasteiger partial charge >= 0.3 is 8.25 Å². The smallest absolute Gasteiger partial charge is 0.294 e. The average molecular weight is 178 g/mol. The van der Waals surface area contributed by atoms with E-state index in [2.05, 4.69) is 19.9 Å². The molecule has 3 nitrogen and oxygen atoms in total. The molecule has 0 spiro atoms. The van der Waals surface area contributed by atoms with Gasteiger partial charge in [-0.2, -0.15) is 0 Å². The fourth-order valence-electron chi connectivity index (χ4n) is 0.0501. The second kappa shape index (κ2) is 5.42. The third-order valence-electron chi connectivity index (χ3n) is 0.202. The van der Waals surface area contributed by atoms with Gasteiger partial charge in [-0.3, -0.25) is 8.88 Å². The summed E-state index contributed by atoms with van der Waals surface area (Å²) in [4.78, 5) is 0. The van der Waals surface area contributed by atoms with Crippen LogP contribution in [0.15, 0.2) is 0 Å². The molecule has 0 saturated heterocycles. The summed E-state index contributed by atoms with van der Waals surface area (Å²) in [6.45, 7) is 0. The minimum absolute atomic E-state index is 0.723. The lowest BCUT2D eigenvalue weighted by Gasteiger charge is -1.91. The highest BCUT2D eigenvalue weighted by Gasteiger charge is 1.90. The second-order valence-electron chi connectivity index (χ2n) is 0.526. The summed E-state index contributed by atoms with van der Waals surface area (Å²) < 4.78 is 18.5. The van der Waals surface area contributed by atoms with Gasteiger partial charge in [0.2, 0.25) is 0 Å². The van der Waals surface area contributed by atoms with Crippen LogP contribution in [0.1, 0.15) is 0 Å². The van der Waals surface area contributed by atoms with Crippen LogP contribution >= 0.6 is 40.5 Å². The SMILES string of the molecule is O=[PH](OP)OSS. The first-order valence-electron chi connectivity index (χ1n) is 1.20. The van der Waals surface area contributed by atoms with Gasteiger partial charge in [0.05, 0.1) is 11.1 Å². The average Bonchev–Trinajstić information content (AvgIpc) is 1.68. The molecule has 0 aliphatic heterocycles. The molecule has 0 fully saturated rings. The third-order valence-corrected chi connectivity index (χ3v) is 2.48. The van der Waals surface area contributed by atoms with Gasteiger partial charge in [-0.05, 0) is 0 Å². The van der Waals surface area contributed by atoms with Crippen molar-refractivity contribution in [2.75, 3.05) is 0 Å². The van der Waals surface area contributed by atoms with Crippen molar-refractivity contribution >= 4 is 40.5 Å². The Bertz CT molecular complexity index is 64.0. The Morgan fingerprint density at radius 1 is 1.86 bits per heavy atom. The van der Waals surface area contributed by atoms with Crippen molar-refractivity contribution < 1.29 is 12.8 Å². The summed E-state index contributed by atoms with van der Waals surface area (Å²) in [7, 11) is -0.452. The lowest BCUT2D eigenvalue weighted by molar-refractivity contribution is 0.464. The van der Waals surface area contributed by atoms with Crippen LogP contribution in [0.2, 0.25) is 0 Å². The molecule has 0 rings (SSSR count). The number of rotatable bonds is 3. The minimum Gasteiger partial charge on any atom is -0.294 e. The Morgan fingerprint density at radius 2 is 2.43 bits per heavy atom. The summed E-state index contributed by atoms with van der Waals surface area (Å²) in [6.07, 6.45) is 0. The van der Waals surface area contributed by atoms with Gasteiger partial charge in [0.25, 0.3) is 0 Å². The zero-order chi connectivity index (χ0) is 5.70. The summed E-state index contributed by atoms with van der Waals surface area (Å²) in [6, 6.07) is 0. The fourth-order valence-corrected chi connectivity index (χ4v) is 1.35. The van der Waals surface area contributed by atoms with Crippen molar-refractivity contribution in [2.24, 2.45) is 0 Å². The van der Waals surface area contributed by atoms with Crippen LogP contribution in [0.4, 0.5) is 0 Å². The molecule has 0 aromatic carbocycles. The second-order valence-corrected chi connectivity index (χ2v) is 3.23. The first-order valence-corrected chi connectivity index (χ1v) is 4.69. The van der Waals surface area contributed by atoms with Crippen molar-refractivity contribution in [3.8, 4) is 0 Å². The van der Waals surface area contributed by atoms with Crippen molar-refractivity contribution in [1.82, 2.24) is 0 Å². The van der Waals surface area contributed by atoms with E-state index < -0.39 is 8.25 Å². The highest BCUT2D eigenvalue weighted by Crippen LogP contribution is 2.33. The molecular weight excluding hydrogens is 174 g/mol. The maximum absolute atomic E-state index is 10.1. The molecule has 0 aromatic heterocycles. The normalized spacial score (nSPS) is 14.0. The maximum Gasteiger partial charge on any atom is 0.333 e. The largest absolute Gasteiger partial charge is 0.333 e. The molecule has 2 atom stereocenters.